The second-order valence-corrected chi connectivity index (χ2v) is 5.71. The van der Waals surface area contributed by atoms with Gasteiger partial charge in [-0.25, -0.2) is 4.39 Å². The first-order chi connectivity index (χ1) is 10.2. The van der Waals surface area contributed by atoms with Crippen molar-refractivity contribution in [1.29, 1.82) is 0 Å². The SMILES string of the molecule is COc1ccc(F)cc1-c1ccc(Cl)c(CNC2CC2)c1. The molecule has 2 nitrogen and oxygen atoms in total. The average Bonchev–Trinajstić information content (AvgIpc) is 3.30. The Balaban J connectivity index is 1.94. The molecule has 2 aromatic carbocycles. The summed E-state index contributed by atoms with van der Waals surface area (Å²) in [6.45, 7) is 0.731. The first-order valence-corrected chi connectivity index (χ1v) is 7.41. The van der Waals surface area contributed by atoms with Crippen LogP contribution in [-0.4, -0.2) is 13.2 Å². The predicted molar refractivity (Wildman–Crippen MR) is 83.3 cm³/mol. The van der Waals surface area contributed by atoms with Crippen LogP contribution in [0.3, 0.4) is 0 Å². The number of hydrogen-bond acceptors (Lipinski definition) is 2. The molecule has 110 valence electrons. The Kier molecular flexibility index (Phi) is 4.13. The lowest BCUT2D eigenvalue weighted by Crippen LogP contribution is -2.15. The van der Waals surface area contributed by atoms with Crippen LogP contribution in [0.25, 0.3) is 11.1 Å². The summed E-state index contributed by atoms with van der Waals surface area (Å²) in [5, 5.41) is 4.17. The zero-order chi connectivity index (χ0) is 14.8. The van der Waals surface area contributed by atoms with Crippen molar-refractivity contribution in [2.75, 3.05) is 7.11 Å². The van der Waals surface area contributed by atoms with Gasteiger partial charge in [0.05, 0.1) is 7.11 Å². The third-order valence-corrected chi connectivity index (χ3v) is 4.05. The molecule has 3 rings (SSSR count). The Hall–Kier alpha value is -1.58. The van der Waals surface area contributed by atoms with Gasteiger partial charge in [-0.2, -0.15) is 0 Å². The Morgan fingerprint density at radius 3 is 2.76 bits per heavy atom. The zero-order valence-electron chi connectivity index (χ0n) is 11.8. The van der Waals surface area contributed by atoms with E-state index < -0.39 is 0 Å². The van der Waals surface area contributed by atoms with E-state index in [-0.39, 0.29) is 5.82 Å². The lowest BCUT2D eigenvalue weighted by molar-refractivity contribution is 0.415. The summed E-state index contributed by atoms with van der Waals surface area (Å²) in [5.74, 6) is 0.373. The van der Waals surface area contributed by atoms with Crippen LogP contribution in [0.15, 0.2) is 36.4 Å². The van der Waals surface area contributed by atoms with Gasteiger partial charge in [-0.15, -0.1) is 0 Å². The summed E-state index contributed by atoms with van der Waals surface area (Å²) in [6.07, 6.45) is 2.46. The Morgan fingerprint density at radius 2 is 2.05 bits per heavy atom. The van der Waals surface area contributed by atoms with E-state index in [1.165, 1.54) is 25.0 Å². The van der Waals surface area contributed by atoms with Crippen molar-refractivity contribution in [3.63, 3.8) is 0 Å². The summed E-state index contributed by atoms with van der Waals surface area (Å²) >= 11 is 6.25. The van der Waals surface area contributed by atoms with Gasteiger partial charge >= 0.3 is 0 Å². The number of rotatable bonds is 5. The summed E-state index contributed by atoms with van der Waals surface area (Å²) in [4.78, 5) is 0. The van der Waals surface area contributed by atoms with Crippen molar-refractivity contribution in [2.45, 2.75) is 25.4 Å². The molecule has 0 atom stereocenters. The number of hydrogen-bond donors (Lipinski definition) is 1. The van der Waals surface area contributed by atoms with E-state index in [1.807, 2.05) is 18.2 Å². The van der Waals surface area contributed by atoms with E-state index >= 15 is 0 Å². The maximum atomic E-state index is 13.5. The van der Waals surface area contributed by atoms with Crippen LogP contribution >= 0.6 is 11.6 Å². The molecule has 1 saturated carbocycles. The highest BCUT2D eigenvalue weighted by Crippen LogP contribution is 2.33. The van der Waals surface area contributed by atoms with Gasteiger partial charge in [-0.3, -0.25) is 0 Å². The molecule has 4 heteroatoms. The minimum absolute atomic E-state index is 0.279. The third-order valence-electron chi connectivity index (χ3n) is 3.68. The molecule has 0 radical (unpaired) electrons. The largest absolute Gasteiger partial charge is 0.496 e. The first-order valence-electron chi connectivity index (χ1n) is 7.03. The van der Waals surface area contributed by atoms with E-state index in [0.29, 0.717) is 11.8 Å². The van der Waals surface area contributed by atoms with Gasteiger partial charge in [0.2, 0.25) is 0 Å². The fraction of sp³-hybridized carbons (Fsp3) is 0.294. The standard InChI is InChI=1S/C17H17ClFNO/c1-21-17-7-3-13(19)9-15(17)11-2-6-16(18)12(8-11)10-20-14-4-5-14/h2-3,6-9,14,20H,4-5,10H2,1H3. The predicted octanol–water partition coefficient (Wildman–Crippen LogP) is 4.41. The van der Waals surface area contributed by atoms with Crippen LogP contribution in [0.4, 0.5) is 4.39 Å². The lowest BCUT2D eigenvalue weighted by Gasteiger charge is -2.12. The Morgan fingerprint density at radius 1 is 1.24 bits per heavy atom. The van der Waals surface area contributed by atoms with Crippen LogP contribution in [0.5, 0.6) is 5.75 Å². The van der Waals surface area contributed by atoms with E-state index in [2.05, 4.69) is 5.32 Å². The summed E-state index contributed by atoms with van der Waals surface area (Å²) < 4.78 is 18.8. The highest BCUT2D eigenvalue weighted by Gasteiger charge is 2.20. The fourth-order valence-electron chi connectivity index (χ4n) is 2.33. The molecule has 21 heavy (non-hydrogen) atoms. The Labute approximate surface area is 128 Å². The van der Waals surface area contributed by atoms with Gasteiger partial charge < -0.3 is 10.1 Å². The number of nitrogens with one attached hydrogen (secondary N) is 1. The molecule has 1 N–H and O–H groups in total. The molecule has 0 bridgehead atoms. The zero-order valence-corrected chi connectivity index (χ0v) is 12.6. The van der Waals surface area contributed by atoms with Gasteiger partial charge in [0, 0.05) is 23.2 Å². The van der Waals surface area contributed by atoms with Crippen molar-refractivity contribution in [3.8, 4) is 16.9 Å². The molecule has 1 fully saturated rings. The molecule has 2 aromatic rings. The number of ether oxygens (including phenoxy) is 1. The lowest BCUT2D eigenvalue weighted by atomic mass is 10.0. The highest BCUT2D eigenvalue weighted by atomic mass is 35.5. The third kappa shape index (κ3) is 3.36. The molecular weight excluding hydrogens is 289 g/mol. The molecule has 1 aliphatic rings. The van der Waals surface area contributed by atoms with Crippen LogP contribution < -0.4 is 10.1 Å². The molecule has 1 aliphatic carbocycles. The molecule has 0 spiro atoms. The van der Waals surface area contributed by atoms with E-state index in [4.69, 9.17) is 16.3 Å². The highest BCUT2D eigenvalue weighted by molar-refractivity contribution is 6.31. The van der Waals surface area contributed by atoms with Gasteiger partial charge in [0.1, 0.15) is 11.6 Å². The Bertz CT molecular complexity index is 655. The van der Waals surface area contributed by atoms with Crippen LogP contribution in [0.1, 0.15) is 18.4 Å². The normalized spacial score (nSPS) is 14.2. The molecule has 0 aromatic heterocycles. The number of methoxy groups -OCH3 is 1. The minimum atomic E-state index is -0.279. The maximum absolute atomic E-state index is 13.5. The molecular formula is C17H17ClFNO. The van der Waals surface area contributed by atoms with Gasteiger partial charge in [0.15, 0.2) is 0 Å². The van der Waals surface area contributed by atoms with Crippen LogP contribution in [-0.2, 0) is 6.54 Å². The molecule has 0 heterocycles. The minimum Gasteiger partial charge on any atom is -0.496 e. The average molecular weight is 306 g/mol. The van der Waals surface area contributed by atoms with Crippen LogP contribution in [0.2, 0.25) is 5.02 Å². The number of benzene rings is 2. The van der Waals surface area contributed by atoms with Crippen molar-refractivity contribution in [1.82, 2.24) is 5.32 Å². The van der Waals surface area contributed by atoms with Gasteiger partial charge in [-0.1, -0.05) is 17.7 Å². The smallest absolute Gasteiger partial charge is 0.126 e. The molecule has 0 unspecified atom stereocenters. The monoisotopic (exact) mass is 305 g/mol. The molecule has 0 aliphatic heterocycles. The van der Waals surface area contributed by atoms with Crippen LogP contribution in [0, 0.1) is 5.82 Å². The summed E-state index contributed by atoms with van der Waals surface area (Å²) in [5.41, 5.74) is 2.66. The quantitative estimate of drug-likeness (QED) is 0.883. The van der Waals surface area contributed by atoms with Crippen molar-refractivity contribution >= 4 is 11.6 Å². The number of halogens is 2. The van der Waals surface area contributed by atoms with Crippen molar-refractivity contribution in [3.05, 3.63) is 52.8 Å². The van der Waals surface area contributed by atoms with Gasteiger partial charge in [-0.05, 0) is 54.3 Å². The van der Waals surface area contributed by atoms with E-state index in [1.54, 1.807) is 13.2 Å². The van der Waals surface area contributed by atoms with Crippen molar-refractivity contribution in [2.24, 2.45) is 0 Å². The summed E-state index contributed by atoms with van der Waals surface area (Å²) in [7, 11) is 1.59. The van der Waals surface area contributed by atoms with Crippen molar-refractivity contribution < 1.29 is 9.13 Å². The summed E-state index contributed by atoms with van der Waals surface area (Å²) in [6, 6.07) is 10.9. The topological polar surface area (TPSA) is 21.3 Å². The second-order valence-electron chi connectivity index (χ2n) is 5.31. The first kappa shape index (κ1) is 14.4. The fourth-order valence-corrected chi connectivity index (χ4v) is 2.51. The molecule has 0 amide bonds. The van der Waals surface area contributed by atoms with E-state index in [9.17, 15) is 4.39 Å². The van der Waals surface area contributed by atoms with E-state index in [0.717, 1.165) is 28.3 Å². The second kappa shape index (κ2) is 6.04. The molecule has 0 saturated heterocycles. The van der Waals surface area contributed by atoms with Gasteiger partial charge in [0.25, 0.3) is 0 Å². The maximum Gasteiger partial charge on any atom is 0.126 e.